The first-order valence-electron chi connectivity index (χ1n) is 9.99. The van der Waals surface area contributed by atoms with Gasteiger partial charge in [-0.3, -0.25) is 0 Å². The summed E-state index contributed by atoms with van der Waals surface area (Å²) in [5.41, 5.74) is 6.07. The van der Waals surface area contributed by atoms with Gasteiger partial charge in [-0.05, 0) is 0 Å². The molecular weight excluding hydrogens is 455 g/mol. The Bertz CT molecular complexity index is 743. The minimum absolute atomic E-state index is 0. The fraction of sp³-hybridized carbons (Fsp3) is 0.360. The van der Waals surface area contributed by atoms with E-state index in [-0.39, 0.29) is 42.6 Å². The van der Waals surface area contributed by atoms with Crippen LogP contribution in [0.15, 0.2) is 81.8 Å². The summed E-state index contributed by atoms with van der Waals surface area (Å²) < 4.78 is 1.54. The second-order valence-corrected chi connectivity index (χ2v) is 8.06. The van der Waals surface area contributed by atoms with Gasteiger partial charge in [0.25, 0.3) is 0 Å². The summed E-state index contributed by atoms with van der Waals surface area (Å²) in [5, 5.41) is 0. The Morgan fingerprint density at radius 3 is 1.76 bits per heavy atom. The van der Waals surface area contributed by atoms with Crippen LogP contribution in [0.2, 0.25) is 0 Å². The second kappa shape index (κ2) is 13.7. The number of halogens is 3. The van der Waals surface area contributed by atoms with Gasteiger partial charge in [0.05, 0.1) is 0 Å². The number of hydrogen-bond donors (Lipinski definition) is 0. The first-order valence-corrected chi connectivity index (χ1v) is 10.8. The van der Waals surface area contributed by atoms with Gasteiger partial charge < -0.3 is 37.2 Å². The minimum atomic E-state index is -0.00535. The first kappa shape index (κ1) is 28.5. The largest absolute Gasteiger partial charge is 1.00 e. The van der Waals surface area contributed by atoms with E-state index in [0.29, 0.717) is 0 Å². The van der Waals surface area contributed by atoms with Crippen molar-refractivity contribution in [3.05, 3.63) is 92.9 Å². The molecule has 0 aromatic heterocycles. The van der Waals surface area contributed by atoms with Crippen LogP contribution in [0.5, 0.6) is 0 Å². The van der Waals surface area contributed by atoms with Crippen LogP contribution in [0.1, 0.15) is 63.5 Å². The van der Waals surface area contributed by atoms with Gasteiger partial charge in [-0.2, -0.15) is 0 Å². The summed E-state index contributed by atoms with van der Waals surface area (Å²) in [5.74, 6) is 0. The molecule has 3 rings (SSSR count). The molecule has 0 amide bonds. The summed E-state index contributed by atoms with van der Waals surface area (Å²) in [6, 6.07) is 22.4. The Morgan fingerprint density at radius 1 is 0.793 bits per heavy atom. The number of hydrogen-bond acceptors (Lipinski definition) is 0. The molecule has 0 atom stereocenters. The Labute approximate surface area is 207 Å². The molecule has 2 aromatic rings. The summed E-state index contributed by atoms with van der Waals surface area (Å²) >= 11 is 2.36. The van der Waals surface area contributed by atoms with E-state index in [9.17, 15) is 0 Å². The van der Waals surface area contributed by atoms with Crippen molar-refractivity contribution in [2.24, 2.45) is 0 Å². The van der Waals surface area contributed by atoms with Gasteiger partial charge in [-0.25, -0.2) is 0 Å². The molecule has 0 saturated carbocycles. The summed E-state index contributed by atoms with van der Waals surface area (Å²) in [6.07, 6.45) is 9.64. The SMILES string of the molecule is CCCCC(C1=[C]([Ti+3])C(CCC)=CC1)(c1ccccc1)c1ccccc1.[Cl-].[Cl-].[Cl-]. The summed E-state index contributed by atoms with van der Waals surface area (Å²) in [7, 11) is 0. The zero-order valence-corrected chi connectivity index (χ0v) is 21.1. The Balaban J connectivity index is 0.00000261. The molecule has 0 saturated heterocycles. The average Bonchev–Trinajstić information content (AvgIpc) is 3.06. The van der Waals surface area contributed by atoms with Crippen molar-refractivity contribution in [2.75, 3.05) is 0 Å². The molecule has 154 valence electrons. The van der Waals surface area contributed by atoms with Gasteiger partial charge >= 0.3 is 171 Å². The van der Waals surface area contributed by atoms with E-state index < -0.39 is 0 Å². The molecule has 0 N–H and O–H groups in total. The number of rotatable bonds is 8. The van der Waals surface area contributed by atoms with Crippen molar-refractivity contribution < 1.29 is 57.7 Å². The molecule has 1 aliphatic rings. The van der Waals surface area contributed by atoms with Crippen molar-refractivity contribution >= 4 is 0 Å². The van der Waals surface area contributed by atoms with Crippen LogP contribution in [0.25, 0.3) is 0 Å². The molecule has 0 bridgehead atoms. The Hall–Kier alpha value is -0.496. The maximum Gasteiger partial charge on any atom is -1.00 e. The van der Waals surface area contributed by atoms with Gasteiger partial charge in [0.2, 0.25) is 0 Å². The van der Waals surface area contributed by atoms with Crippen molar-refractivity contribution in [2.45, 2.75) is 57.8 Å². The van der Waals surface area contributed by atoms with Gasteiger partial charge in [0.1, 0.15) is 0 Å². The van der Waals surface area contributed by atoms with Crippen LogP contribution in [0.3, 0.4) is 0 Å². The van der Waals surface area contributed by atoms with E-state index in [4.69, 9.17) is 0 Å². The van der Waals surface area contributed by atoms with Crippen molar-refractivity contribution in [3.8, 4) is 0 Å². The Kier molecular flexibility index (Phi) is 13.5. The zero-order valence-electron chi connectivity index (χ0n) is 17.2. The molecule has 0 aliphatic heterocycles. The fourth-order valence-electron chi connectivity index (χ4n) is 4.35. The third-order valence-electron chi connectivity index (χ3n) is 5.65. The van der Waals surface area contributed by atoms with E-state index in [1.54, 1.807) is 11.1 Å². The topological polar surface area (TPSA) is 0 Å². The molecular formula is C25H29Cl3Ti. The van der Waals surface area contributed by atoms with Crippen LogP contribution in [-0.4, -0.2) is 0 Å². The maximum atomic E-state index is 2.49. The molecule has 0 fully saturated rings. The van der Waals surface area contributed by atoms with Crippen LogP contribution in [0.4, 0.5) is 0 Å². The number of unbranched alkanes of at least 4 members (excludes halogenated alkanes) is 1. The molecule has 4 heteroatoms. The maximum absolute atomic E-state index is 2.49. The average molecular weight is 484 g/mol. The molecule has 0 spiro atoms. The van der Waals surface area contributed by atoms with Crippen LogP contribution in [-0.2, 0) is 25.9 Å². The molecule has 0 radical (unpaired) electrons. The third-order valence-corrected chi connectivity index (χ3v) is 6.62. The van der Waals surface area contributed by atoms with E-state index in [0.717, 1.165) is 6.42 Å². The first-order chi connectivity index (χ1) is 12.7. The third kappa shape index (κ3) is 6.02. The van der Waals surface area contributed by atoms with E-state index in [1.165, 1.54) is 47.1 Å². The summed E-state index contributed by atoms with van der Waals surface area (Å²) in [6.45, 7) is 4.59. The molecule has 0 unspecified atom stereocenters. The molecule has 1 aliphatic carbocycles. The molecule has 29 heavy (non-hydrogen) atoms. The quantitative estimate of drug-likeness (QED) is 0.385. The van der Waals surface area contributed by atoms with Gasteiger partial charge in [-0.1, -0.05) is 0 Å². The van der Waals surface area contributed by atoms with Crippen molar-refractivity contribution in [3.63, 3.8) is 0 Å². The predicted molar refractivity (Wildman–Crippen MR) is 108 cm³/mol. The zero-order chi connectivity index (χ0) is 18.4. The van der Waals surface area contributed by atoms with E-state index in [1.807, 2.05) is 0 Å². The normalized spacial score (nSPS) is 13.2. The molecule has 0 nitrogen and oxygen atoms in total. The van der Waals surface area contributed by atoms with Crippen molar-refractivity contribution in [1.82, 2.24) is 0 Å². The Morgan fingerprint density at radius 2 is 1.31 bits per heavy atom. The smallest absolute Gasteiger partial charge is 1.00 e. The van der Waals surface area contributed by atoms with Gasteiger partial charge in [-0.15, -0.1) is 0 Å². The van der Waals surface area contributed by atoms with Crippen LogP contribution >= 0.6 is 0 Å². The molecule has 0 heterocycles. The number of allylic oxidation sites excluding steroid dienone is 4. The molecule has 2 aromatic carbocycles. The second-order valence-electron chi connectivity index (χ2n) is 7.28. The fourth-order valence-corrected chi connectivity index (χ4v) is 5.20. The summed E-state index contributed by atoms with van der Waals surface area (Å²) in [4.78, 5) is 0. The minimum Gasteiger partial charge on any atom is -1.00 e. The van der Waals surface area contributed by atoms with Crippen LogP contribution < -0.4 is 37.2 Å². The van der Waals surface area contributed by atoms with Crippen molar-refractivity contribution in [1.29, 1.82) is 0 Å². The predicted octanol–water partition coefficient (Wildman–Crippen LogP) is -1.89. The van der Waals surface area contributed by atoms with E-state index in [2.05, 4.69) is 101 Å². The van der Waals surface area contributed by atoms with E-state index >= 15 is 0 Å². The van der Waals surface area contributed by atoms with Gasteiger partial charge in [0, 0.05) is 0 Å². The van der Waals surface area contributed by atoms with Crippen LogP contribution in [0, 0.1) is 0 Å². The standard InChI is InChI=1S/C25H29.3ClH.Ti/c1-3-5-19-25(22-13-8-6-9-14-22,23-15-10-7-11-16-23)24-18-17-21(20-24)12-4-2;;;;/h6-11,13-17H,3-5,12,18-19H2,1-2H3;3*1H;/q;;;;+3/p-3. The monoisotopic (exact) mass is 482 g/mol. The number of benzene rings is 2. The van der Waals surface area contributed by atoms with Gasteiger partial charge in [0.15, 0.2) is 0 Å².